The first-order chi connectivity index (χ1) is 5.16. The van der Waals surface area contributed by atoms with Crippen LogP contribution in [-0.4, -0.2) is 0 Å². The fraction of sp³-hybridized carbons (Fsp3) is 0.250. The molecule has 0 aliphatic rings. The minimum absolute atomic E-state index is 0.568. The van der Waals surface area contributed by atoms with E-state index in [1.165, 1.54) is 9.13 Å². The van der Waals surface area contributed by atoms with Crippen LogP contribution in [0.2, 0.25) is 0 Å². The maximum atomic E-state index is 5.72. The van der Waals surface area contributed by atoms with Gasteiger partial charge in [-0.05, 0) is 46.7 Å². The molecule has 3 heteroatoms. The molecule has 0 fully saturated rings. The van der Waals surface area contributed by atoms with Gasteiger partial charge in [-0.2, -0.15) is 0 Å². The maximum Gasteiger partial charge on any atom is 0.0485 e. The van der Waals surface area contributed by atoms with Crippen LogP contribution in [0.1, 0.15) is 11.1 Å². The molecule has 0 heterocycles. The van der Waals surface area contributed by atoms with Crippen molar-refractivity contribution in [3.05, 3.63) is 31.3 Å². The molecule has 1 aromatic rings. The summed E-state index contributed by atoms with van der Waals surface area (Å²) in [6.07, 6.45) is 0. The molecule has 0 aliphatic heterocycles. The van der Waals surface area contributed by atoms with Gasteiger partial charge in [-0.25, -0.2) is 0 Å². The van der Waals surface area contributed by atoms with Crippen molar-refractivity contribution < 1.29 is 0 Å². The third-order valence-electron chi connectivity index (χ3n) is 1.54. The quantitative estimate of drug-likeness (QED) is 0.531. The van der Waals surface area contributed by atoms with Gasteiger partial charge in [0.25, 0.3) is 0 Å². The minimum Gasteiger partial charge on any atom is -0.122 e. The molecular formula is C8H7BrClI. The molecule has 60 valence electrons. The molecule has 11 heavy (non-hydrogen) atoms. The number of rotatable bonds is 1. The van der Waals surface area contributed by atoms with Gasteiger partial charge in [-0.3, -0.25) is 0 Å². The van der Waals surface area contributed by atoms with Gasteiger partial charge < -0.3 is 0 Å². The van der Waals surface area contributed by atoms with Crippen molar-refractivity contribution in [2.24, 2.45) is 0 Å². The van der Waals surface area contributed by atoms with E-state index in [4.69, 9.17) is 11.6 Å². The highest BCUT2D eigenvalue weighted by molar-refractivity contribution is 14.1. The van der Waals surface area contributed by atoms with Gasteiger partial charge in [0.15, 0.2) is 0 Å². The lowest BCUT2D eigenvalue weighted by Crippen LogP contribution is -1.87. The van der Waals surface area contributed by atoms with Crippen LogP contribution in [0.4, 0.5) is 0 Å². The monoisotopic (exact) mass is 344 g/mol. The summed E-state index contributed by atoms with van der Waals surface area (Å²) in [4.78, 5) is 0. The lowest BCUT2D eigenvalue weighted by molar-refractivity contribution is 1.29. The van der Waals surface area contributed by atoms with E-state index in [2.05, 4.69) is 51.5 Å². The van der Waals surface area contributed by atoms with Crippen LogP contribution in [-0.2, 0) is 5.88 Å². The van der Waals surface area contributed by atoms with Crippen LogP contribution in [0.5, 0.6) is 0 Å². The SMILES string of the molecule is Cc1c(I)ccc(CCl)c1Br. The summed E-state index contributed by atoms with van der Waals surface area (Å²) in [6.45, 7) is 2.09. The van der Waals surface area contributed by atoms with Crippen LogP contribution in [0.15, 0.2) is 16.6 Å². The predicted molar refractivity (Wildman–Crippen MR) is 61.2 cm³/mol. The minimum atomic E-state index is 0.568. The highest BCUT2D eigenvalue weighted by Gasteiger charge is 2.03. The molecular weight excluding hydrogens is 338 g/mol. The molecule has 0 amide bonds. The van der Waals surface area contributed by atoms with Gasteiger partial charge in [0, 0.05) is 13.9 Å². The fourth-order valence-corrected chi connectivity index (χ4v) is 2.51. The number of halogens is 3. The van der Waals surface area contributed by atoms with Crippen molar-refractivity contribution in [1.29, 1.82) is 0 Å². The van der Waals surface area contributed by atoms with Gasteiger partial charge in [0.1, 0.15) is 0 Å². The molecule has 0 nitrogen and oxygen atoms in total. The second-order valence-electron chi connectivity index (χ2n) is 2.28. The first-order valence-electron chi connectivity index (χ1n) is 3.16. The zero-order chi connectivity index (χ0) is 8.43. The Kier molecular flexibility index (Phi) is 3.65. The zero-order valence-electron chi connectivity index (χ0n) is 6.00. The molecule has 1 aromatic carbocycles. The number of hydrogen-bond donors (Lipinski definition) is 0. The Morgan fingerprint density at radius 2 is 2.18 bits per heavy atom. The molecule has 0 N–H and O–H groups in total. The third kappa shape index (κ3) is 2.10. The fourth-order valence-electron chi connectivity index (χ4n) is 0.821. The van der Waals surface area contributed by atoms with Gasteiger partial charge in [0.05, 0.1) is 0 Å². The summed E-state index contributed by atoms with van der Waals surface area (Å²) < 4.78 is 2.41. The van der Waals surface area contributed by atoms with Gasteiger partial charge in [0.2, 0.25) is 0 Å². The van der Waals surface area contributed by atoms with E-state index in [1.807, 2.05) is 6.07 Å². The summed E-state index contributed by atoms with van der Waals surface area (Å²) in [5, 5.41) is 0. The number of alkyl halides is 1. The van der Waals surface area contributed by atoms with E-state index < -0.39 is 0 Å². The number of benzene rings is 1. The molecule has 1 rings (SSSR count). The van der Waals surface area contributed by atoms with Crippen LogP contribution in [0.3, 0.4) is 0 Å². The van der Waals surface area contributed by atoms with Crippen molar-refractivity contribution >= 4 is 50.1 Å². The average Bonchev–Trinajstić information content (AvgIpc) is 2.01. The topological polar surface area (TPSA) is 0 Å². The molecule has 0 saturated carbocycles. The Bertz CT molecular complexity index is 273. The highest BCUT2D eigenvalue weighted by atomic mass is 127. The van der Waals surface area contributed by atoms with Gasteiger partial charge in [-0.1, -0.05) is 22.0 Å². The van der Waals surface area contributed by atoms with Crippen molar-refractivity contribution in [2.75, 3.05) is 0 Å². The van der Waals surface area contributed by atoms with Crippen molar-refractivity contribution in [2.45, 2.75) is 12.8 Å². The van der Waals surface area contributed by atoms with Gasteiger partial charge in [-0.15, -0.1) is 11.6 Å². The summed E-state index contributed by atoms with van der Waals surface area (Å²) in [6, 6.07) is 4.13. The third-order valence-corrected chi connectivity index (χ3v) is 4.10. The standard InChI is InChI=1S/C8H7BrClI/c1-5-7(11)3-2-6(4-10)8(5)9/h2-3H,4H2,1H3. The van der Waals surface area contributed by atoms with E-state index in [-0.39, 0.29) is 0 Å². The molecule has 0 unspecified atom stereocenters. The lowest BCUT2D eigenvalue weighted by atomic mass is 10.2. The van der Waals surface area contributed by atoms with E-state index in [1.54, 1.807) is 0 Å². The molecule has 0 bridgehead atoms. The van der Waals surface area contributed by atoms with E-state index in [0.29, 0.717) is 5.88 Å². The van der Waals surface area contributed by atoms with E-state index in [9.17, 15) is 0 Å². The Morgan fingerprint density at radius 3 is 2.73 bits per heavy atom. The number of hydrogen-bond acceptors (Lipinski definition) is 0. The van der Waals surface area contributed by atoms with Crippen LogP contribution >= 0.6 is 50.1 Å². The first kappa shape index (κ1) is 9.81. The molecule has 0 spiro atoms. The highest BCUT2D eigenvalue weighted by Crippen LogP contribution is 2.26. The summed E-state index contributed by atoms with van der Waals surface area (Å²) in [5.41, 5.74) is 2.42. The van der Waals surface area contributed by atoms with E-state index >= 15 is 0 Å². The van der Waals surface area contributed by atoms with Crippen LogP contribution in [0.25, 0.3) is 0 Å². The Hall–Kier alpha value is 0.720. The first-order valence-corrected chi connectivity index (χ1v) is 5.57. The van der Waals surface area contributed by atoms with Crippen molar-refractivity contribution in [1.82, 2.24) is 0 Å². The summed E-state index contributed by atoms with van der Waals surface area (Å²) >= 11 is 11.5. The Balaban J connectivity index is 3.25. The Labute approximate surface area is 93.6 Å². The van der Waals surface area contributed by atoms with Crippen LogP contribution < -0.4 is 0 Å². The maximum absolute atomic E-state index is 5.72. The van der Waals surface area contributed by atoms with Crippen molar-refractivity contribution in [3.63, 3.8) is 0 Å². The molecule has 0 aromatic heterocycles. The summed E-state index contributed by atoms with van der Waals surface area (Å²) in [5.74, 6) is 0.568. The molecule has 0 aliphatic carbocycles. The van der Waals surface area contributed by atoms with Gasteiger partial charge >= 0.3 is 0 Å². The largest absolute Gasteiger partial charge is 0.122 e. The van der Waals surface area contributed by atoms with Crippen molar-refractivity contribution in [3.8, 4) is 0 Å². The average molecular weight is 345 g/mol. The second-order valence-corrected chi connectivity index (χ2v) is 4.50. The predicted octanol–water partition coefficient (Wildman–Crippen LogP) is 4.10. The lowest BCUT2D eigenvalue weighted by Gasteiger charge is -2.05. The molecule has 0 saturated heterocycles. The molecule has 0 radical (unpaired) electrons. The molecule has 0 atom stereocenters. The normalized spacial score (nSPS) is 10.2. The Morgan fingerprint density at radius 1 is 1.55 bits per heavy atom. The van der Waals surface area contributed by atoms with E-state index in [0.717, 1.165) is 10.0 Å². The smallest absolute Gasteiger partial charge is 0.0485 e. The zero-order valence-corrected chi connectivity index (χ0v) is 10.5. The van der Waals surface area contributed by atoms with Crippen LogP contribution in [0, 0.1) is 10.5 Å². The summed E-state index contributed by atoms with van der Waals surface area (Å²) in [7, 11) is 0. The second kappa shape index (κ2) is 4.10.